The maximum absolute atomic E-state index is 13.0. The molecule has 0 atom stereocenters. The second-order valence-electron chi connectivity index (χ2n) is 5.21. The van der Waals surface area contributed by atoms with E-state index in [0.717, 1.165) is 12.1 Å². The first-order chi connectivity index (χ1) is 11.2. The molecule has 1 amide bonds. The van der Waals surface area contributed by atoms with E-state index in [1.165, 1.54) is 18.3 Å². The van der Waals surface area contributed by atoms with Gasteiger partial charge in [0, 0.05) is 17.3 Å². The molecule has 1 aromatic carbocycles. The number of rotatable bonds is 4. The minimum Gasteiger partial charge on any atom is -0.352 e. The summed E-state index contributed by atoms with van der Waals surface area (Å²) in [5.41, 5.74) is -1.48. The Labute approximate surface area is 141 Å². The minimum atomic E-state index is -4.65. The third-order valence-corrected chi connectivity index (χ3v) is 3.08. The van der Waals surface area contributed by atoms with Gasteiger partial charge >= 0.3 is 6.18 Å². The number of nitrogens with zero attached hydrogens (tertiary/aromatic N) is 2. The van der Waals surface area contributed by atoms with Gasteiger partial charge in [0.1, 0.15) is 5.69 Å². The standard InChI is InChI=1S/C15H14ClF3N4O/c1-8(2)21-14-20-6-5-12(23-14)13(24)22-11-4-3-9(16)7-10(11)15(17,18)19/h3-8H,1-2H3,(H,22,24)(H,20,21,23). The molecule has 0 aliphatic carbocycles. The maximum atomic E-state index is 13.0. The van der Waals surface area contributed by atoms with Crippen molar-refractivity contribution in [2.75, 3.05) is 10.6 Å². The van der Waals surface area contributed by atoms with E-state index in [1.807, 2.05) is 13.8 Å². The van der Waals surface area contributed by atoms with Crippen molar-refractivity contribution in [3.63, 3.8) is 0 Å². The zero-order chi connectivity index (χ0) is 17.9. The monoisotopic (exact) mass is 358 g/mol. The Kier molecular flexibility index (Phi) is 5.28. The number of aromatic nitrogens is 2. The number of nitrogens with one attached hydrogen (secondary N) is 2. The summed E-state index contributed by atoms with van der Waals surface area (Å²) in [6.45, 7) is 3.72. The fraction of sp³-hybridized carbons (Fsp3) is 0.267. The summed E-state index contributed by atoms with van der Waals surface area (Å²) in [6.07, 6.45) is -3.30. The number of carbonyl (C=O) groups excluding carboxylic acids is 1. The Balaban J connectivity index is 2.27. The van der Waals surface area contributed by atoms with Crippen molar-refractivity contribution in [1.82, 2.24) is 9.97 Å². The van der Waals surface area contributed by atoms with E-state index in [0.29, 0.717) is 0 Å². The largest absolute Gasteiger partial charge is 0.418 e. The van der Waals surface area contributed by atoms with Crippen LogP contribution < -0.4 is 10.6 Å². The Morgan fingerprint density at radius 2 is 1.96 bits per heavy atom. The van der Waals surface area contributed by atoms with Gasteiger partial charge in [0.15, 0.2) is 0 Å². The van der Waals surface area contributed by atoms with E-state index in [2.05, 4.69) is 20.6 Å². The topological polar surface area (TPSA) is 66.9 Å². The summed E-state index contributed by atoms with van der Waals surface area (Å²) >= 11 is 5.60. The molecule has 2 aromatic rings. The second kappa shape index (κ2) is 7.04. The predicted molar refractivity (Wildman–Crippen MR) is 85.2 cm³/mol. The molecule has 0 saturated heterocycles. The first kappa shape index (κ1) is 18.0. The molecule has 1 aromatic heterocycles. The van der Waals surface area contributed by atoms with E-state index in [9.17, 15) is 18.0 Å². The number of alkyl halides is 3. The number of hydrogen-bond acceptors (Lipinski definition) is 4. The Bertz CT molecular complexity index is 750. The number of amides is 1. The molecule has 5 nitrogen and oxygen atoms in total. The van der Waals surface area contributed by atoms with Crippen molar-refractivity contribution in [1.29, 1.82) is 0 Å². The summed E-state index contributed by atoms with van der Waals surface area (Å²) in [7, 11) is 0. The van der Waals surface area contributed by atoms with Crippen molar-refractivity contribution in [2.24, 2.45) is 0 Å². The number of hydrogen-bond donors (Lipinski definition) is 2. The summed E-state index contributed by atoms with van der Waals surface area (Å²) in [5.74, 6) is -0.568. The third-order valence-electron chi connectivity index (χ3n) is 2.84. The Hall–Kier alpha value is -2.35. The van der Waals surface area contributed by atoms with Crippen LogP contribution in [-0.4, -0.2) is 21.9 Å². The molecule has 0 unspecified atom stereocenters. The highest BCUT2D eigenvalue weighted by atomic mass is 35.5. The average molecular weight is 359 g/mol. The van der Waals surface area contributed by atoms with Gasteiger partial charge < -0.3 is 10.6 Å². The lowest BCUT2D eigenvalue weighted by Crippen LogP contribution is -2.19. The average Bonchev–Trinajstić information content (AvgIpc) is 2.47. The SMILES string of the molecule is CC(C)Nc1nccc(C(=O)Nc2ccc(Cl)cc2C(F)(F)F)n1. The Morgan fingerprint density at radius 1 is 1.25 bits per heavy atom. The summed E-state index contributed by atoms with van der Waals surface area (Å²) in [6, 6.07) is 4.46. The Morgan fingerprint density at radius 3 is 2.58 bits per heavy atom. The summed E-state index contributed by atoms with van der Waals surface area (Å²) in [5, 5.41) is 5.03. The molecule has 24 heavy (non-hydrogen) atoms. The van der Waals surface area contributed by atoms with Crippen LogP contribution in [0.4, 0.5) is 24.8 Å². The zero-order valence-electron chi connectivity index (χ0n) is 12.8. The van der Waals surface area contributed by atoms with Gasteiger partial charge in [-0.3, -0.25) is 4.79 Å². The predicted octanol–water partition coefficient (Wildman–Crippen LogP) is 4.22. The molecule has 2 rings (SSSR count). The maximum Gasteiger partial charge on any atom is 0.418 e. The van der Waals surface area contributed by atoms with Crippen LogP contribution in [0, 0.1) is 0 Å². The van der Waals surface area contributed by atoms with Gasteiger partial charge in [0.2, 0.25) is 5.95 Å². The first-order valence-corrected chi connectivity index (χ1v) is 7.32. The number of carbonyl (C=O) groups is 1. The van der Waals surface area contributed by atoms with Crippen LogP contribution in [-0.2, 0) is 6.18 Å². The van der Waals surface area contributed by atoms with Gasteiger partial charge in [0.25, 0.3) is 5.91 Å². The van der Waals surface area contributed by atoms with Gasteiger partial charge in [-0.05, 0) is 38.1 Å². The van der Waals surface area contributed by atoms with Crippen molar-refractivity contribution < 1.29 is 18.0 Å². The molecule has 0 bridgehead atoms. The van der Waals surface area contributed by atoms with E-state index in [1.54, 1.807) is 0 Å². The van der Waals surface area contributed by atoms with E-state index < -0.39 is 23.3 Å². The molecule has 9 heteroatoms. The smallest absolute Gasteiger partial charge is 0.352 e. The molecule has 0 radical (unpaired) electrons. The molecule has 0 aliphatic rings. The second-order valence-corrected chi connectivity index (χ2v) is 5.64. The van der Waals surface area contributed by atoms with Crippen LogP contribution in [0.2, 0.25) is 5.02 Å². The van der Waals surface area contributed by atoms with Gasteiger partial charge in [-0.1, -0.05) is 11.6 Å². The van der Waals surface area contributed by atoms with Crippen LogP contribution in [0.25, 0.3) is 0 Å². The molecule has 2 N–H and O–H groups in total. The molecule has 0 aliphatic heterocycles. The lowest BCUT2D eigenvalue weighted by Gasteiger charge is -2.14. The van der Waals surface area contributed by atoms with Crippen LogP contribution in [0.15, 0.2) is 30.5 Å². The highest BCUT2D eigenvalue weighted by molar-refractivity contribution is 6.30. The fourth-order valence-corrected chi connectivity index (χ4v) is 2.03. The van der Waals surface area contributed by atoms with Crippen LogP contribution in [0.5, 0.6) is 0 Å². The summed E-state index contributed by atoms with van der Waals surface area (Å²) < 4.78 is 39.1. The molecule has 0 fully saturated rings. The minimum absolute atomic E-state index is 0.0383. The van der Waals surface area contributed by atoms with Crippen molar-refractivity contribution in [3.8, 4) is 0 Å². The molecule has 0 spiro atoms. The molecular formula is C15H14ClF3N4O. The molecule has 0 saturated carbocycles. The molecule has 1 heterocycles. The van der Waals surface area contributed by atoms with Crippen LogP contribution in [0.3, 0.4) is 0 Å². The lowest BCUT2D eigenvalue weighted by atomic mass is 10.1. The highest BCUT2D eigenvalue weighted by Gasteiger charge is 2.34. The van der Waals surface area contributed by atoms with Crippen molar-refractivity contribution in [2.45, 2.75) is 26.1 Å². The number of halogens is 4. The normalized spacial score (nSPS) is 11.5. The van der Waals surface area contributed by atoms with Crippen molar-refractivity contribution >= 4 is 29.1 Å². The number of benzene rings is 1. The van der Waals surface area contributed by atoms with E-state index in [-0.39, 0.29) is 22.7 Å². The number of anilines is 2. The van der Waals surface area contributed by atoms with E-state index >= 15 is 0 Å². The highest BCUT2D eigenvalue weighted by Crippen LogP contribution is 2.36. The van der Waals surface area contributed by atoms with Gasteiger partial charge in [0.05, 0.1) is 11.3 Å². The molecule has 128 valence electrons. The van der Waals surface area contributed by atoms with Crippen molar-refractivity contribution in [3.05, 3.63) is 46.7 Å². The van der Waals surface area contributed by atoms with E-state index in [4.69, 9.17) is 11.6 Å². The summed E-state index contributed by atoms with van der Waals surface area (Å²) in [4.78, 5) is 20.1. The third kappa shape index (κ3) is 4.58. The van der Waals surface area contributed by atoms with Gasteiger partial charge in [-0.25, -0.2) is 9.97 Å². The zero-order valence-corrected chi connectivity index (χ0v) is 13.5. The van der Waals surface area contributed by atoms with Gasteiger partial charge in [-0.2, -0.15) is 13.2 Å². The lowest BCUT2D eigenvalue weighted by molar-refractivity contribution is -0.136. The first-order valence-electron chi connectivity index (χ1n) is 6.94. The van der Waals surface area contributed by atoms with Crippen LogP contribution in [0.1, 0.15) is 29.9 Å². The van der Waals surface area contributed by atoms with Gasteiger partial charge in [-0.15, -0.1) is 0 Å². The quantitative estimate of drug-likeness (QED) is 0.858. The van der Waals surface area contributed by atoms with Crippen LogP contribution >= 0.6 is 11.6 Å². The fourth-order valence-electron chi connectivity index (χ4n) is 1.86. The molecular weight excluding hydrogens is 345 g/mol.